The van der Waals surface area contributed by atoms with Crippen molar-refractivity contribution in [2.75, 3.05) is 0 Å². The molecule has 0 amide bonds. The molecule has 4 heteroatoms. The van der Waals surface area contributed by atoms with Gasteiger partial charge in [-0.15, -0.1) is 11.8 Å². The van der Waals surface area contributed by atoms with Crippen LogP contribution in [-0.2, 0) is 4.79 Å². The van der Waals surface area contributed by atoms with E-state index < -0.39 is 5.97 Å². The van der Waals surface area contributed by atoms with Crippen LogP contribution in [-0.4, -0.2) is 16.3 Å². The van der Waals surface area contributed by atoms with Crippen molar-refractivity contribution in [3.05, 3.63) is 28.7 Å². The molecule has 0 saturated carbocycles. The number of hydrogen-bond acceptors (Lipinski definition) is 2. The molecule has 0 bridgehead atoms. The van der Waals surface area contributed by atoms with Gasteiger partial charge in [-0.3, -0.25) is 4.79 Å². The lowest BCUT2D eigenvalue weighted by atomic mass is 10.2. The van der Waals surface area contributed by atoms with E-state index in [1.54, 1.807) is 0 Å². The molecule has 88 valence electrons. The van der Waals surface area contributed by atoms with Gasteiger partial charge in [0.05, 0.1) is 0 Å². The molecule has 0 saturated heterocycles. The normalized spacial score (nSPS) is 12.4. The van der Waals surface area contributed by atoms with Gasteiger partial charge in [0.15, 0.2) is 0 Å². The molecule has 0 radical (unpaired) electrons. The quantitative estimate of drug-likeness (QED) is 0.801. The Kier molecular flexibility index (Phi) is 5.91. The number of unbranched alkanes of at least 4 members (excludes halogenated alkanes) is 1. The van der Waals surface area contributed by atoms with Crippen molar-refractivity contribution in [1.82, 2.24) is 0 Å². The summed E-state index contributed by atoms with van der Waals surface area (Å²) in [5.41, 5.74) is 0. The average molecular weight is 303 g/mol. The van der Waals surface area contributed by atoms with Crippen LogP contribution in [0.5, 0.6) is 0 Å². The molecular weight excluding hydrogens is 288 g/mol. The van der Waals surface area contributed by atoms with Crippen molar-refractivity contribution in [2.45, 2.75) is 36.3 Å². The van der Waals surface area contributed by atoms with Gasteiger partial charge < -0.3 is 5.11 Å². The highest BCUT2D eigenvalue weighted by molar-refractivity contribution is 9.10. The van der Waals surface area contributed by atoms with Gasteiger partial charge in [-0.1, -0.05) is 31.9 Å². The maximum Gasteiger partial charge on any atom is 0.316 e. The molecule has 2 nitrogen and oxygen atoms in total. The van der Waals surface area contributed by atoms with Gasteiger partial charge in [0.25, 0.3) is 0 Å². The molecule has 0 aromatic heterocycles. The Balaban J connectivity index is 2.68. The van der Waals surface area contributed by atoms with Gasteiger partial charge in [-0.25, -0.2) is 0 Å². The van der Waals surface area contributed by atoms with Crippen molar-refractivity contribution in [2.24, 2.45) is 0 Å². The molecule has 0 spiro atoms. The van der Waals surface area contributed by atoms with Gasteiger partial charge in [-0.2, -0.15) is 0 Å². The van der Waals surface area contributed by atoms with Crippen LogP contribution in [0.25, 0.3) is 0 Å². The molecule has 0 aliphatic heterocycles. The maximum absolute atomic E-state index is 11.1. The van der Waals surface area contributed by atoms with Gasteiger partial charge in [0.2, 0.25) is 0 Å². The summed E-state index contributed by atoms with van der Waals surface area (Å²) in [6, 6.07) is 7.72. The lowest BCUT2D eigenvalue weighted by Gasteiger charge is -2.12. The number of carbonyl (C=O) groups is 1. The third-order valence-electron chi connectivity index (χ3n) is 2.20. The summed E-state index contributed by atoms with van der Waals surface area (Å²) in [6.45, 7) is 2.07. The Bertz CT molecular complexity index is 355. The van der Waals surface area contributed by atoms with Crippen LogP contribution < -0.4 is 0 Å². The van der Waals surface area contributed by atoms with Crippen molar-refractivity contribution in [1.29, 1.82) is 0 Å². The number of hydrogen-bond donors (Lipinski definition) is 1. The lowest BCUT2D eigenvalue weighted by Crippen LogP contribution is -2.16. The van der Waals surface area contributed by atoms with E-state index in [0.717, 1.165) is 28.6 Å². The number of carboxylic acid groups (broad SMARTS) is 1. The van der Waals surface area contributed by atoms with Crippen molar-refractivity contribution in [3.63, 3.8) is 0 Å². The van der Waals surface area contributed by atoms with Crippen LogP contribution in [0.1, 0.15) is 26.2 Å². The van der Waals surface area contributed by atoms with Crippen molar-refractivity contribution < 1.29 is 9.90 Å². The molecule has 0 fully saturated rings. The second-order valence-electron chi connectivity index (χ2n) is 3.52. The van der Waals surface area contributed by atoms with E-state index in [4.69, 9.17) is 5.11 Å². The Morgan fingerprint density at radius 3 is 2.75 bits per heavy atom. The van der Waals surface area contributed by atoms with Crippen LogP contribution in [0.3, 0.4) is 0 Å². The highest BCUT2D eigenvalue weighted by Gasteiger charge is 2.18. The van der Waals surface area contributed by atoms with Crippen molar-refractivity contribution >= 4 is 33.7 Å². The third-order valence-corrected chi connectivity index (χ3v) is 4.49. The summed E-state index contributed by atoms with van der Waals surface area (Å²) in [5, 5.41) is 8.77. The molecule has 16 heavy (non-hydrogen) atoms. The number of halogens is 1. The second-order valence-corrected chi connectivity index (χ2v) is 5.62. The monoisotopic (exact) mass is 302 g/mol. The first-order valence-electron chi connectivity index (χ1n) is 5.29. The zero-order valence-electron chi connectivity index (χ0n) is 9.15. The fourth-order valence-corrected chi connectivity index (χ4v) is 2.91. The number of benzene rings is 1. The highest BCUT2D eigenvalue weighted by Crippen LogP contribution is 2.32. The van der Waals surface area contributed by atoms with Crippen LogP contribution in [0, 0.1) is 0 Å². The minimum absolute atomic E-state index is 0.348. The standard InChI is InChI=1S/C12H15BrO2S/c1-2-3-7-11(12(14)15)16-10-8-5-4-6-9(10)13/h4-6,8,11H,2-3,7H2,1H3,(H,14,15). The van der Waals surface area contributed by atoms with E-state index in [2.05, 4.69) is 22.9 Å². The van der Waals surface area contributed by atoms with E-state index in [9.17, 15) is 4.79 Å². The van der Waals surface area contributed by atoms with E-state index in [1.807, 2.05) is 24.3 Å². The summed E-state index contributed by atoms with van der Waals surface area (Å²) in [4.78, 5) is 12.1. The maximum atomic E-state index is 11.1. The topological polar surface area (TPSA) is 37.3 Å². The summed E-state index contributed by atoms with van der Waals surface area (Å²) in [5.74, 6) is -0.728. The highest BCUT2D eigenvalue weighted by atomic mass is 79.9. The lowest BCUT2D eigenvalue weighted by molar-refractivity contribution is -0.136. The average Bonchev–Trinajstić information content (AvgIpc) is 2.26. The summed E-state index contributed by atoms with van der Waals surface area (Å²) in [7, 11) is 0. The Hall–Kier alpha value is -0.480. The van der Waals surface area contributed by atoms with E-state index in [1.165, 1.54) is 11.8 Å². The molecule has 1 rings (SSSR count). The van der Waals surface area contributed by atoms with Gasteiger partial charge in [0, 0.05) is 9.37 Å². The summed E-state index contributed by atoms with van der Waals surface area (Å²) in [6.07, 6.45) is 2.70. The number of carboxylic acids is 1. The number of rotatable bonds is 6. The first-order valence-corrected chi connectivity index (χ1v) is 6.96. The minimum atomic E-state index is -0.728. The number of aliphatic carboxylic acids is 1. The molecule has 0 aliphatic rings. The van der Waals surface area contributed by atoms with Crippen LogP contribution in [0.15, 0.2) is 33.6 Å². The Morgan fingerprint density at radius 1 is 1.50 bits per heavy atom. The fourth-order valence-electron chi connectivity index (χ4n) is 1.32. The van der Waals surface area contributed by atoms with E-state index in [-0.39, 0.29) is 5.25 Å². The number of thioether (sulfide) groups is 1. The predicted molar refractivity (Wildman–Crippen MR) is 70.9 cm³/mol. The molecule has 1 aromatic carbocycles. The summed E-state index contributed by atoms with van der Waals surface area (Å²) >= 11 is 4.85. The second kappa shape index (κ2) is 6.97. The fraction of sp³-hybridized carbons (Fsp3) is 0.417. The Morgan fingerprint density at radius 2 is 2.19 bits per heavy atom. The van der Waals surface area contributed by atoms with Crippen LogP contribution in [0.4, 0.5) is 0 Å². The molecule has 0 aliphatic carbocycles. The van der Waals surface area contributed by atoms with Crippen LogP contribution in [0.2, 0.25) is 0 Å². The van der Waals surface area contributed by atoms with Crippen LogP contribution >= 0.6 is 27.7 Å². The van der Waals surface area contributed by atoms with Gasteiger partial charge in [-0.05, 0) is 34.5 Å². The SMILES string of the molecule is CCCCC(Sc1ccccc1Br)C(=O)O. The van der Waals surface area contributed by atoms with E-state index in [0.29, 0.717) is 0 Å². The molecular formula is C12H15BrO2S. The molecule has 1 atom stereocenters. The zero-order chi connectivity index (χ0) is 12.0. The largest absolute Gasteiger partial charge is 0.480 e. The van der Waals surface area contributed by atoms with E-state index >= 15 is 0 Å². The summed E-state index contributed by atoms with van der Waals surface area (Å²) < 4.78 is 0.961. The molecule has 0 heterocycles. The van der Waals surface area contributed by atoms with Gasteiger partial charge >= 0.3 is 5.97 Å². The van der Waals surface area contributed by atoms with Gasteiger partial charge in [0.1, 0.15) is 5.25 Å². The molecule has 1 aromatic rings. The molecule has 1 N–H and O–H groups in total. The molecule has 1 unspecified atom stereocenters. The van der Waals surface area contributed by atoms with Crippen molar-refractivity contribution in [3.8, 4) is 0 Å². The first kappa shape index (κ1) is 13.6. The third kappa shape index (κ3) is 4.18. The zero-order valence-corrected chi connectivity index (χ0v) is 11.6. The first-order chi connectivity index (χ1) is 7.65. The minimum Gasteiger partial charge on any atom is -0.480 e. The predicted octanol–water partition coefficient (Wildman–Crippen LogP) is 4.18. The smallest absolute Gasteiger partial charge is 0.316 e. The Labute approximate surface area is 109 Å².